The van der Waals surface area contributed by atoms with Crippen molar-refractivity contribution in [3.8, 4) is 5.75 Å². The highest BCUT2D eigenvalue weighted by Crippen LogP contribution is 2.15. The van der Waals surface area contributed by atoms with Crippen molar-refractivity contribution in [3.05, 3.63) is 101 Å². The number of carbonyl (C=O) groups is 3. The molecule has 0 aliphatic heterocycles. The molecule has 7 heteroatoms. The van der Waals surface area contributed by atoms with Gasteiger partial charge in [0.05, 0.1) is 0 Å². The first-order valence-corrected chi connectivity index (χ1v) is 10.2. The van der Waals surface area contributed by atoms with Crippen molar-refractivity contribution in [2.24, 2.45) is 0 Å². The zero-order valence-electron chi connectivity index (χ0n) is 17.3. The molecule has 0 bridgehead atoms. The van der Waals surface area contributed by atoms with Crippen LogP contribution < -0.4 is 15.4 Å². The molecule has 0 spiro atoms. The molecule has 3 aromatic carbocycles. The van der Waals surface area contributed by atoms with Gasteiger partial charge in [-0.15, -0.1) is 0 Å². The highest BCUT2D eigenvalue weighted by atomic mass is 35.5. The molecule has 3 rings (SSSR count). The van der Waals surface area contributed by atoms with Crippen LogP contribution in [-0.4, -0.2) is 17.8 Å². The molecule has 0 saturated carbocycles. The Labute approximate surface area is 190 Å². The van der Waals surface area contributed by atoms with E-state index >= 15 is 0 Å². The van der Waals surface area contributed by atoms with Gasteiger partial charge in [-0.05, 0) is 59.7 Å². The van der Waals surface area contributed by atoms with Crippen LogP contribution in [0.25, 0.3) is 6.08 Å². The van der Waals surface area contributed by atoms with Crippen LogP contribution in [0.15, 0.2) is 78.9 Å². The summed E-state index contributed by atoms with van der Waals surface area (Å²) in [6.07, 6.45) is 3.15. The molecule has 2 N–H and O–H groups in total. The standard InChI is InChI=1S/C25H21ClN2O4/c1-17(29)32-23-4-2-3-20(15-23)25(31)27-16-19-7-12-22(13-8-19)28-24(30)14-9-18-5-10-21(26)11-6-18/h2-15H,16H2,1H3,(H,27,31)(H,28,30)/b14-9+. The topological polar surface area (TPSA) is 84.5 Å². The number of esters is 1. The average molecular weight is 449 g/mol. The zero-order valence-corrected chi connectivity index (χ0v) is 18.1. The molecule has 32 heavy (non-hydrogen) atoms. The number of carbonyl (C=O) groups excluding carboxylic acids is 3. The molecule has 6 nitrogen and oxygen atoms in total. The number of nitrogens with one attached hydrogen (secondary N) is 2. The highest BCUT2D eigenvalue weighted by molar-refractivity contribution is 6.30. The molecular weight excluding hydrogens is 428 g/mol. The maximum Gasteiger partial charge on any atom is 0.308 e. The number of hydrogen-bond acceptors (Lipinski definition) is 4. The molecule has 0 radical (unpaired) electrons. The van der Waals surface area contributed by atoms with Crippen molar-refractivity contribution < 1.29 is 19.1 Å². The summed E-state index contributed by atoms with van der Waals surface area (Å²) < 4.78 is 5.00. The predicted octanol–water partition coefficient (Wildman–Crippen LogP) is 4.85. The van der Waals surface area contributed by atoms with Gasteiger partial charge in [0.15, 0.2) is 0 Å². The van der Waals surface area contributed by atoms with Crippen LogP contribution in [0.3, 0.4) is 0 Å². The molecule has 0 heterocycles. The molecule has 0 saturated heterocycles. The Hall–Kier alpha value is -3.90. The quantitative estimate of drug-likeness (QED) is 0.307. The Morgan fingerprint density at radius 1 is 0.969 bits per heavy atom. The van der Waals surface area contributed by atoms with Crippen molar-refractivity contribution in [3.63, 3.8) is 0 Å². The molecule has 162 valence electrons. The number of amides is 2. The highest BCUT2D eigenvalue weighted by Gasteiger charge is 2.08. The van der Waals surface area contributed by atoms with E-state index in [1.165, 1.54) is 19.1 Å². The Bertz CT molecular complexity index is 1140. The van der Waals surface area contributed by atoms with Crippen LogP contribution in [0, 0.1) is 0 Å². The van der Waals surface area contributed by atoms with Gasteiger partial charge < -0.3 is 15.4 Å². The fraction of sp³-hybridized carbons (Fsp3) is 0.0800. The van der Waals surface area contributed by atoms with E-state index in [-0.39, 0.29) is 11.8 Å². The van der Waals surface area contributed by atoms with Crippen molar-refractivity contribution in [2.75, 3.05) is 5.32 Å². The maximum absolute atomic E-state index is 12.4. The number of halogens is 1. The largest absolute Gasteiger partial charge is 0.427 e. The second kappa shape index (κ2) is 10.9. The second-order valence-corrected chi connectivity index (χ2v) is 7.31. The van der Waals surface area contributed by atoms with Crippen LogP contribution in [0.5, 0.6) is 5.75 Å². The van der Waals surface area contributed by atoms with Crippen molar-refractivity contribution in [1.29, 1.82) is 0 Å². The van der Waals surface area contributed by atoms with E-state index in [1.807, 2.05) is 24.3 Å². The van der Waals surface area contributed by atoms with Gasteiger partial charge in [-0.2, -0.15) is 0 Å². The Morgan fingerprint density at radius 2 is 1.69 bits per heavy atom. The minimum Gasteiger partial charge on any atom is -0.427 e. The Morgan fingerprint density at radius 3 is 2.38 bits per heavy atom. The fourth-order valence-corrected chi connectivity index (χ4v) is 2.91. The zero-order chi connectivity index (χ0) is 22.9. The molecule has 0 atom stereocenters. The summed E-state index contributed by atoms with van der Waals surface area (Å²) in [7, 11) is 0. The lowest BCUT2D eigenvalue weighted by Crippen LogP contribution is -2.22. The number of hydrogen-bond donors (Lipinski definition) is 2. The van der Waals surface area contributed by atoms with E-state index in [2.05, 4.69) is 10.6 Å². The van der Waals surface area contributed by atoms with Gasteiger partial charge >= 0.3 is 5.97 Å². The van der Waals surface area contributed by atoms with E-state index in [0.717, 1.165) is 11.1 Å². The SMILES string of the molecule is CC(=O)Oc1cccc(C(=O)NCc2ccc(NC(=O)/C=C/c3ccc(Cl)cc3)cc2)c1. The number of ether oxygens (including phenoxy) is 1. The molecule has 0 aromatic heterocycles. The third-order valence-corrected chi connectivity index (χ3v) is 4.58. The van der Waals surface area contributed by atoms with Gasteiger partial charge in [0.25, 0.3) is 5.91 Å². The summed E-state index contributed by atoms with van der Waals surface area (Å²) in [5.41, 5.74) is 2.76. The monoisotopic (exact) mass is 448 g/mol. The lowest BCUT2D eigenvalue weighted by molar-refractivity contribution is -0.131. The number of anilines is 1. The van der Waals surface area contributed by atoms with Gasteiger partial charge in [0.1, 0.15) is 5.75 Å². The third kappa shape index (κ3) is 7.11. The molecule has 0 fully saturated rings. The Balaban J connectivity index is 1.51. The summed E-state index contributed by atoms with van der Waals surface area (Å²) in [5, 5.41) is 6.23. The first-order chi connectivity index (χ1) is 15.4. The second-order valence-electron chi connectivity index (χ2n) is 6.88. The van der Waals surface area contributed by atoms with Crippen molar-refractivity contribution in [1.82, 2.24) is 5.32 Å². The van der Waals surface area contributed by atoms with Crippen LogP contribution in [-0.2, 0) is 16.1 Å². The maximum atomic E-state index is 12.4. The van der Waals surface area contributed by atoms with E-state index in [0.29, 0.717) is 28.6 Å². The normalized spacial score (nSPS) is 10.6. The molecule has 2 amide bonds. The minimum absolute atomic E-state index is 0.256. The minimum atomic E-state index is -0.449. The third-order valence-electron chi connectivity index (χ3n) is 4.33. The summed E-state index contributed by atoms with van der Waals surface area (Å²) in [4.78, 5) is 35.5. The summed E-state index contributed by atoms with van der Waals surface area (Å²) in [5.74, 6) is -0.678. The fourth-order valence-electron chi connectivity index (χ4n) is 2.79. The van der Waals surface area contributed by atoms with Crippen LogP contribution >= 0.6 is 11.6 Å². The molecule has 0 aliphatic rings. The van der Waals surface area contributed by atoms with Crippen LogP contribution in [0.2, 0.25) is 5.02 Å². The molecule has 0 unspecified atom stereocenters. The van der Waals surface area contributed by atoms with Gasteiger partial charge in [0, 0.05) is 35.8 Å². The first kappa shape index (κ1) is 22.8. The van der Waals surface area contributed by atoms with Gasteiger partial charge in [-0.25, -0.2) is 0 Å². The van der Waals surface area contributed by atoms with Gasteiger partial charge in [-0.1, -0.05) is 41.9 Å². The number of benzene rings is 3. The average Bonchev–Trinajstić information content (AvgIpc) is 2.78. The molecule has 0 aliphatic carbocycles. The Kier molecular flexibility index (Phi) is 7.78. The summed E-state index contributed by atoms with van der Waals surface area (Å²) >= 11 is 5.85. The van der Waals surface area contributed by atoms with E-state index < -0.39 is 5.97 Å². The smallest absolute Gasteiger partial charge is 0.308 e. The summed E-state index contributed by atoms with van der Waals surface area (Å²) in [6, 6.07) is 20.7. The summed E-state index contributed by atoms with van der Waals surface area (Å²) in [6.45, 7) is 1.61. The predicted molar refractivity (Wildman–Crippen MR) is 124 cm³/mol. The van der Waals surface area contributed by atoms with E-state index in [4.69, 9.17) is 16.3 Å². The van der Waals surface area contributed by atoms with E-state index in [9.17, 15) is 14.4 Å². The lowest BCUT2D eigenvalue weighted by Gasteiger charge is -2.08. The lowest BCUT2D eigenvalue weighted by atomic mass is 10.1. The molecular formula is C25H21ClN2O4. The van der Waals surface area contributed by atoms with Crippen LogP contribution in [0.1, 0.15) is 28.4 Å². The van der Waals surface area contributed by atoms with Crippen molar-refractivity contribution in [2.45, 2.75) is 13.5 Å². The van der Waals surface area contributed by atoms with E-state index in [1.54, 1.807) is 48.5 Å². The van der Waals surface area contributed by atoms with Gasteiger partial charge in [0.2, 0.25) is 5.91 Å². The molecule has 3 aromatic rings. The first-order valence-electron chi connectivity index (χ1n) is 9.79. The van der Waals surface area contributed by atoms with Gasteiger partial charge in [-0.3, -0.25) is 14.4 Å². The number of rotatable bonds is 7. The van der Waals surface area contributed by atoms with Crippen molar-refractivity contribution >= 4 is 41.1 Å². The van der Waals surface area contributed by atoms with Crippen LogP contribution in [0.4, 0.5) is 5.69 Å².